The molecule has 7 rings (SSSR count). The van der Waals surface area contributed by atoms with Crippen LogP contribution < -0.4 is 21.3 Å². The van der Waals surface area contributed by atoms with Gasteiger partial charge < -0.3 is 4.90 Å². The van der Waals surface area contributed by atoms with Crippen LogP contribution in [0.25, 0.3) is 0 Å². The summed E-state index contributed by atoms with van der Waals surface area (Å²) in [7, 11) is 4.38. The Morgan fingerprint density at radius 1 is 0.608 bits per heavy atom. The molecule has 2 nitrogen and oxygen atoms in total. The van der Waals surface area contributed by atoms with Crippen molar-refractivity contribution in [2.45, 2.75) is 57.8 Å². The molecule has 0 aliphatic carbocycles. The van der Waals surface area contributed by atoms with Gasteiger partial charge in [0.05, 0.1) is 11.6 Å². The molecule has 0 radical (unpaired) electrons. The minimum absolute atomic E-state index is 0.0270. The maximum absolute atomic E-state index is 2.44. The molecule has 2 aliphatic rings. The molecule has 0 N–H and O–H groups in total. The highest BCUT2D eigenvalue weighted by Gasteiger charge is 2.43. The first-order chi connectivity index (χ1) is 24.6. The van der Waals surface area contributed by atoms with E-state index in [2.05, 4.69) is 234 Å². The second-order valence-electron chi connectivity index (χ2n) is 15.4. The van der Waals surface area contributed by atoms with Gasteiger partial charge in [-0.25, -0.2) is 16.4 Å². The Labute approximate surface area is 307 Å². The lowest BCUT2D eigenvalue weighted by molar-refractivity contribution is -0.401. The molecule has 1 atom stereocenters. The maximum atomic E-state index is 2.44. The number of fused-ring (bicyclic) bond motifs is 2. The predicted octanol–water partition coefficient (Wildman–Crippen LogP) is 9.33. The van der Waals surface area contributed by atoms with Crippen LogP contribution in [0.15, 0.2) is 176 Å². The van der Waals surface area contributed by atoms with Crippen molar-refractivity contribution in [1.29, 1.82) is 0 Å². The highest BCUT2D eigenvalue weighted by molar-refractivity contribution is 7.10. The molecule has 5 aromatic rings. The molecule has 2 heterocycles. The molecule has 0 aromatic heterocycles. The average molecular weight is 669 g/mol. The van der Waals surface area contributed by atoms with Crippen molar-refractivity contribution in [2.24, 2.45) is 0 Å². The van der Waals surface area contributed by atoms with E-state index in [0.717, 1.165) is 6.42 Å². The van der Waals surface area contributed by atoms with Crippen LogP contribution in [0.1, 0.15) is 45.2 Å². The molecular formula is C48H53BN2. The third-order valence-electron chi connectivity index (χ3n) is 11.7. The van der Waals surface area contributed by atoms with Gasteiger partial charge in [0.25, 0.3) is 0 Å². The fraction of sp³-hybridized carbons (Fsp3) is 0.229. The van der Waals surface area contributed by atoms with E-state index in [1.54, 1.807) is 0 Å². The number of hydrogen-bond donors (Lipinski definition) is 0. The van der Waals surface area contributed by atoms with Gasteiger partial charge in [-0.3, -0.25) is 0 Å². The summed E-state index contributed by atoms with van der Waals surface area (Å²) >= 11 is 0. The Hall–Kier alpha value is -5.15. The smallest absolute Gasteiger partial charge is 0.209 e. The van der Waals surface area contributed by atoms with Crippen LogP contribution >= 0.6 is 0 Å². The number of rotatable bonds is 8. The Balaban J connectivity index is 0.000000193. The number of anilines is 1. The number of nitrogens with zero attached hydrogens (tertiary/aromatic N) is 2. The van der Waals surface area contributed by atoms with E-state index >= 15 is 0 Å². The quantitative estimate of drug-likeness (QED) is 0.0908. The van der Waals surface area contributed by atoms with Crippen molar-refractivity contribution in [2.75, 3.05) is 19.0 Å². The number of allylic oxidation sites excluding steroid dienone is 5. The van der Waals surface area contributed by atoms with Gasteiger partial charge in [0, 0.05) is 41.9 Å². The summed E-state index contributed by atoms with van der Waals surface area (Å²) in [5.74, 6) is 0. The van der Waals surface area contributed by atoms with E-state index in [-0.39, 0.29) is 10.8 Å². The standard InChI is InChI=1S/C29H35N2.C19H18B/c1-28(2)22-16-12-14-18-24(22)30(5)26(28)20-10-8-7-9-11-21-27-29(3,4)23-17-13-15-19-25(23)31(27)6;1-20(17-11-5-2-6-12-17,18-13-7-3-8-14-18)19-15-9-4-10-16-19/h7-20,27H,21H2,1-6H3;2-16H,1H3/q+1;-1/b8-7+,11-9+,20-10+;. The van der Waals surface area contributed by atoms with Crippen molar-refractivity contribution in [3.05, 3.63) is 187 Å². The Morgan fingerprint density at radius 3 is 1.61 bits per heavy atom. The predicted molar refractivity (Wildman–Crippen MR) is 224 cm³/mol. The first kappa shape index (κ1) is 35.7. The number of hydrogen-bond acceptors (Lipinski definition) is 1. The lowest BCUT2D eigenvalue weighted by Crippen LogP contribution is -2.64. The summed E-state index contributed by atoms with van der Waals surface area (Å²) < 4.78 is 2.31. The summed E-state index contributed by atoms with van der Waals surface area (Å²) in [5, 5.41) is 0. The lowest BCUT2D eigenvalue weighted by atomic mass is 9.17. The van der Waals surface area contributed by atoms with Crippen LogP contribution in [-0.2, 0) is 10.8 Å². The van der Waals surface area contributed by atoms with E-state index in [9.17, 15) is 0 Å². The highest BCUT2D eigenvalue weighted by Crippen LogP contribution is 2.45. The number of benzene rings is 5. The van der Waals surface area contributed by atoms with Gasteiger partial charge in [0.15, 0.2) is 5.71 Å². The van der Waals surface area contributed by atoms with Gasteiger partial charge in [-0.2, -0.15) is 11.4 Å². The minimum Gasteiger partial charge on any atom is -0.370 e. The Kier molecular flexibility index (Phi) is 10.5. The first-order valence-corrected chi connectivity index (χ1v) is 18.5. The molecule has 0 saturated carbocycles. The summed E-state index contributed by atoms with van der Waals surface area (Å²) in [4.78, 5) is 2.44. The summed E-state index contributed by atoms with van der Waals surface area (Å²) in [6.07, 6.45) is 13.3. The first-order valence-electron chi connectivity index (χ1n) is 18.5. The fourth-order valence-electron chi connectivity index (χ4n) is 8.56. The van der Waals surface area contributed by atoms with Crippen LogP contribution in [0.3, 0.4) is 0 Å². The SMILES string of the molecule is CN1c2ccccc2C(C)(C)C1C/C=C/C=C/C=C/C1=[N+](C)c2ccccc2C1(C)C.C[B-](c1ccccc1)(c1ccccc1)c1ccccc1. The van der Waals surface area contributed by atoms with Crippen LogP contribution in [0.2, 0.25) is 6.82 Å². The monoisotopic (exact) mass is 668 g/mol. The van der Waals surface area contributed by atoms with E-state index < -0.39 is 6.15 Å². The van der Waals surface area contributed by atoms with E-state index in [4.69, 9.17) is 0 Å². The molecule has 51 heavy (non-hydrogen) atoms. The second kappa shape index (κ2) is 15.0. The molecule has 2 aliphatic heterocycles. The summed E-state index contributed by atoms with van der Waals surface area (Å²) in [6, 6.07) is 50.4. The van der Waals surface area contributed by atoms with Crippen LogP contribution in [-0.4, -0.2) is 36.6 Å². The molecule has 3 heteroatoms. The molecule has 1 unspecified atom stereocenters. The van der Waals surface area contributed by atoms with Crippen LogP contribution in [0.4, 0.5) is 11.4 Å². The van der Waals surface area contributed by atoms with Crippen LogP contribution in [0.5, 0.6) is 0 Å². The molecule has 0 bridgehead atoms. The number of para-hydroxylation sites is 2. The third-order valence-corrected chi connectivity index (χ3v) is 11.7. The fourth-order valence-corrected chi connectivity index (χ4v) is 8.56. The summed E-state index contributed by atoms with van der Waals surface area (Å²) in [5.41, 5.74) is 11.2. The van der Waals surface area contributed by atoms with Crippen molar-refractivity contribution in [3.63, 3.8) is 0 Å². The van der Waals surface area contributed by atoms with Gasteiger partial charge in [0.1, 0.15) is 7.05 Å². The summed E-state index contributed by atoms with van der Waals surface area (Å²) in [6.45, 7) is 11.7. The normalized spacial score (nSPS) is 17.5. The third kappa shape index (κ3) is 6.95. The minimum atomic E-state index is -0.912. The zero-order valence-corrected chi connectivity index (χ0v) is 31.5. The molecule has 0 fully saturated rings. The van der Waals surface area contributed by atoms with Gasteiger partial charge in [-0.05, 0) is 31.9 Å². The second-order valence-corrected chi connectivity index (χ2v) is 15.4. The molecular weight excluding hydrogens is 615 g/mol. The van der Waals surface area contributed by atoms with Gasteiger partial charge in [-0.15, -0.1) is 0 Å². The molecule has 5 aromatic carbocycles. The molecule has 258 valence electrons. The van der Waals surface area contributed by atoms with Crippen molar-refractivity contribution < 1.29 is 4.58 Å². The van der Waals surface area contributed by atoms with E-state index in [1.807, 2.05) is 0 Å². The topological polar surface area (TPSA) is 6.25 Å². The maximum Gasteiger partial charge on any atom is 0.209 e. The zero-order valence-electron chi connectivity index (χ0n) is 31.5. The molecule has 0 saturated heterocycles. The van der Waals surface area contributed by atoms with Crippen LogP contribution in [0, 0.1) is 0 Å². The van der Waals surface area contributed by atoms with Gasteiger partial charge in [0.2, 0.25) is 5.69 Å². The number of likely N-dealkylation sites (N-methyl/N-ethyl adjacent to an activating group) is 1. The largest absolute Gasteiger partial charge is 0.370 e. The van der Waals surface area contributed by atoms with E-state index in [1.165, 1.54) is 44.6 Å². The van der Waals surface area contributed by atoms with Crippen molar-refractivity contribution >= 4 is 39.6 Å². The molecule has 0 amide bonds. The Morgan fingerprint density at radius 2 is 1.08 bits per heavy atom. The van der Waals surface area contributed by atoms with Gasteiger partial charge >= 0.3 is 0 Å². The van der Waals surface area contributed by atoms with Crippen molar-refractivity contribution in [1.82, 2.24) is 0 Å². The van der Waals surface area contributed by atoms with E-state index in [0.29, 0.717) is 6.04 Å². The zero-order chi connectivity index (χ0) is 36.1. The average Bonchev–Trinajstić information content (AvgIpc) is 3.49. The molecule has 0 spiro atoms. The van der Waals surface area contributed by atoms with Gasteiger partial charge in [-0.1, -0.05) is 172 Å². The Bertz CT molecular complexity index is 1960. The highest BCUT2D eigenvalue weighted by atomic mass is 15.2. The lowest BCUT2D eigenvalue weighted by Gasteiger charge is -2.39. The van der Waals surface area contributed by atoms with Crippen molar-refractivity contribution in [3.8, 4) is 0 Å².